The molecule has 0 aromatic rings. The summed E-state index contributed by atoms with van der Waals surface area (Å²) in [7, 11) is -10.1. The molecule has 0 amide bonds. The number of hydrogen-bond acceptors (Lipinski definition) is 9. The summed E-state index contributed by atoms with van der Waals surface area (Å²) in [4.78, 5) is 25.4. The zero-order chi connectivity index (χ0) is 10.7. The summed E-state index contributed by atoms with van der Waals surface area (Å²) in [5.41, 5.74) is 0. The second-order valence-electron chi connectivity index (χ2n) is 0.671. The Kier molecular flexibility index (Phi) is 75.9. The molecule has 0 heterocycles. The molecule has 0 atom stereocenters. The molecule has 0 N–H and O–H groups in total. The predicted molar refractivity (Wildman–Crippen MR) is 24.9 cm³/mol. The van der Waals surface area contributed by atoms with E-state index in [4.69, 9.17) is 42.1 Å². The van der Waals surface area contributed by atoms with Gasteiger partial charge in [-0.1, -0.05) is 0 Å². The summed E-state index contributed by atoms with van der Waals surface area (Å²) in [5.74, 6) is 0. The van der Waals surface area contributed by atoms with Crippen LogP contribution in [0.4, 0.5) is 0 Å². The molecule has 15 heteroatoms. The van der Waals surface area contributed by atoms with Crippen molar-refractivity contribution in [2.75, 3.05) is 0 Å². The largest absolute Gasteiger partial charge is 1.00 e. The molecule has 0 aliphatic heterocycles. The molecule has 0 spiro atoms. The van der Waals surface area contributed by atoms with Crippen LogP contribution in [0.15, 0.2) is 0 Å². The van der Waals surface area contributed by atoms with Gasteiger partial charge in [-0.15, -0.1) is 0 Å². The average molecular weight is 354 g/mol. The van der Waals surface area contributed by atoms with Crippen LogP contribution >= 0.6 is 23.7 Å². The first-order valence-corrected chi connectivity index (χ1v) is 4.93. The minimum Gasteiger partial charge on any atom is -0.744 e. The fourth-order valence-electron chi connectivity index (χ4n) is 0. The van der Waals surface area contributed by atoms with Crippen LogP contribution in [0, 0.1) is 0 Å². The molecule has 0 saturated carbocycles. The van der Waals surface area contributed by atoms with Gasteiger partial charge >= 0.3 is 154 Å². The van der Waals surface area contributed by atoms with Gasteiger partial charge in [-0.05, 0) is 0 Å². The smallest absolute Gasteiger partial charge is 0.744 e. The van der Waals surface area contributed by atoms with E-state index >= 15 is 0 Å². The van der Waals surface area contributed by atoms with Crippen molar-refractivity contribution in [3.63, 3.8) is 0 Å². The number of rotatable bonds is 0. The molecular formula is K3O9P3. The Hall–Kier alpha value is 4.49. The third kappa shape index (κ3) is 249. The van der Waals surface area contributed by atoms with E-state index in [0.717, 1.165) is 0 Å². The zero-order valence-electron chi connectivity index (χ0n) is 8.02. The summed E-state index contributed by atoms with van der Waals surface area (Å²) in [6.45, 7) is 0. The van der Waals surface area contributed by atoms with Crippen LogP contribution in [-0.4, -0.2) is 0 Å². The van der Waals surface area contributed by atoms with Gasteiger partial charge in [-0.2, -0.15) is 0 Å². The van der Waals surface area contributed by atoms with E-state index in [-0.39, 0.29) is 154 Å². The van der Waals surface area contributed by atoms with Crippen LogP contribution in [0.25, 0.3) is 0 Å². The van der Waals surface area contributed by atoms with Crippen molar-refractivity contribution < 1.29 is 196 Å². The van der Waals surface area contributed by atoms with E-state index in [9.17, 15) is 0 Å². The summed E-state index contributed by atoms with van der Waals surface area (Å²) in [5, 5.41) is 0. The van der Waals surface area contributed by atoms with Crippen LogP contribution in [0.2, 0.25) is 0 Å². The molecule has 0 rings (SSSR count). The van der Waals surface area contributed by atoms with Crippen LogP contribution in [0.1, 0.15) is 0 Å². The maximum absolute atomic E-state index is 8.48. The van der Waals surface area contributed by atoms with E-state index in [1.807, 2.05) is 0 Å². The predicted octanol–water partition coefficient (Wildman–Crippen LogP) is -10.7. The third-order valence-electron chi connectivity index (χ3n) is 0. The Balaban J connectivity index is -0.0000000184. The molecule has 0 aliphatic rings. The third-order valence-corrected chi connectivity index (χ3v) is 0. The van der Waals surface area contributed by atoms with Crippen LogP contribution < -0.4 is 169 Å². The van der Waals surface area contributed by atoms with Gasteiger partial charge in [0, 0.05) is 0 Å². The van der Waals surface area contributed by atoms with Gasteiger partial charge in [-0.3, -0.25) is 27.4 Å². The second-order valence-corrected chi connectivity index (χ2v) is 2.01. The molecule has 0 saturated heterocycles. The molecule has 0 unspecified atom stereocenters. The van der Waals surface area contributed by atoms with Crippen LogP contribution in [0.3, 0.4) is 0 Å². The fraction of sp³-hybridized carbons (Fsp3) is 0. The van der Waals surface area contributed by atoms with Gasteiger partial charge in [0.2, 0.25) is 23.7 Å². The van der Waals surface area contributed by atoms with E-state index in [1.54, 1.807) is 0 Å². The topological polar surface area (TPSA) is 172 Å². The van der Waals surface area contributed by atoms with E-state index in [0.29, 0.717) is 0 Å². The molecule has 0 aliphatic carbocycles. The Morgan fingerprint density at radius 3 is 0.467 bits per heavy atom. The quantitative estimate of drug-likeness (QED) is 0.302. The van der Waals surface area contributed by atoms with Crippen molar-refractivity contribution in [2.45, 2.75) is 0 Å². The van der Waals surface area contributed by atoms with Crippen molar-refractivity contribution in [1.82, 2.24) is 0 Å². The Morgan fingerprint density at radius 1 is 0.467 bits per heavy atom. The van der Waals surface area contributed by atoms with Gasteiger partial charge in [0.1, 0.15) is 0 Å². The maximum Gasteiger partial charge on any atom is 1.00 e. The first-order valence-electron chi connectivity index (χ1n) is 1.64. The zero-order valence-corrected chi connectivity index (χ0v) is 20.1. The van der Waals surface area contributed by atoms with Gasteiger partial charge < -0.3 is 14.7 Å². The summed E-state index contributed by atoms with van der Waals surface area (Å²) >= 11 is 0. The number of hydrogen-bond donors (Lipinski definition) is 0. The van der Waals surface area contributed by atoms with E-state index in [1.165, 1.54) is 0 Å². The molecule has 0 fully saturated rings. The molecule has 15 heavy (non-hydrogen) atoms. The SMILES string of the molecule is O=P(=O)[O-].O=P(=O)[O-].O=P(=O)[O-].[K+].[K+].[K+]. The Labute approximate surface area is 214 Å². The monoisotopic (exact) mass is 354 g/mol. The van der Waals surface area contributed by atoms with Crippen molar-refractivity contribution >= 4 is 23.7 Å². The first-order chi connectivity index (χ1) is 5.20. The summed E-state index contributed by atoms with van der Waals surface area (Å²) in [6.07, 6.45) is 0. The summed E-state index contributed by atoms with van der Waals surface area (Å²) < 4.78 is 50.9. The van der Waals surface area contributed by atoms with Gasteiger partial charge in [0.05, 0.1) is 0 Å². The van der Waals surface area contributed by atoms with Gasteiger partial charge in [0.25, 0.3) is 0 Å². The maximum atomic E-state index is 8.48. The van der Waals surface area contributed by atoms with Crippen molar-refractivity contribution in [3.05, 3.63) is 0 Å². The average Bonchev–Trinajstić information content (AvgIpc) is 1.54. The Bertz CT molecular complexity index is 213. The van der Waals surface area contributed by atoms with E-state index < -0.39 is 23.7 Å². The summed E-state index contributed by atoms with van der Waals surface area (Å²) in [6, 6.07) is 0. The standard InChI is InChI=1S/3K.3HO3P/c;;;3*1-4(2)3/h;;;3*(H,1,2,3)/q3*+1;;;/p-3. The molecule has 9 nitrogen and oxygen atoms in total. The van der Waals surface area contributed by atoms with Crippen molar-refractivity contribution in [1.29, 1.82) is 0 Å². The van der Waals surface area contributed by atoms with Crippen molar-refractivity contribution in [2.24, 2.45) is 0 Å². The first kappa shape index (κ1) is 36.6. The fourth-order valence-corrected chi connectivity index (χ4v) is 0. The van der Waals surface area contributed by atoms with Gasteiger partial charge in [0.15, 0.2) is 0 Å². The van der Waals surface area contributed by atoms with Crippen molar-refractivity contribution in [3.8, 4) is 0 Å². The molecular weight excluding hydrogens is 354 g/mol. The molecule has 72 valence electrons. The second kappa shape index (κ2) is 31.1. The molecule has 0 radical (unpaired) electrons. The van der Waals surface area contributed by atoms with Crippen LogP contribution in [0.5, 0.6) is 0 Å². The minimum absolute atomic E-state index is 0. The molecule has 0 aromatic heterocycles. The minimum atomic E-state index is -3.37. The van der Waals surface area contributed by atoms with E-state index in [2.05, 4.69) is 0 Å². The Morgan fingerprint density at radius 2 is 0.467 bits per heavy atom. The van der Waals surface area contributed by atoms with Gasteiger partial charge in [-0.25, -0.2) is 0 Å². The van der Waals surface area contributed by atoms with Crippen LogP contribution in [-0.2, 0) is 27.4 Å². The normalized spacial score (nSPS) is 5.00. The molecule has 0 bridgehead atoms. The molecule has 0 aromatic carbocycles.